The average Bonchev–Trinajstić information content (AvgIpc) is 2.42. The Labute approximate surface area is 117 Å². The average molecular weight is 270 g/mol. The molecule has 0 amide bonds. The lowest BCUT2D eigenvalue weighted by Crippen LogP contribution is -2.38. The van der Waals surface area contributed by atoms with Crippen LogP contribution in [0.4, 0.5) is 5.82 Å². The van der Waals surface area contributed by atoms with Crippen LogP contribution < -0.4 is 4.90 Å². The summed E-state index contributed by atoms with van der Waals surface area (Å²) < 4.78 is 0. The van der Waals surface area contributed by atoms with Crippen LogP contribution in [0.15, 0.2) is 24.4 Å². The highest BCUT2D eigenvalue weighted by molar-refractivity contribution is 5.85. The Bertz CT molecular complexity index is 312. The fraction of sp³-hybridized carbons (Fsp3) is 0.643. The minimum absolute atomic E-state index is 0. The van der Waals surface area contributed by atoms with Crippen molar-refractivity contribution in [3.8, 4) is 0 Å². The van der Waals surface area contributed by atoms with Crippen molar-refractivity contribution in [1.29, 1.82) is 0 Å². The summed E-state index contributed by atoms with van der Waals surface area (Å²) in [5.41, 5.74) is 0. The summed E-state index contributed by atoms with van der Waals surface area (Å²) in [6.07, 6.45) is 6.03. The Morgan fingerprint density at radius 2 is 2.00 bits per heavy atom. The zero-order chi connectivity index (χ0) is 11.9. The molecule has 3 nitrogen and oxygen atoms in total. The van der Waals surface area contributed by atoms with E-state index in [9.17, 15) is 0 Å². The number of hydrogen-bond acceptors (Lipinski definition) is 3. The quantitative estimate of drug-likeness (QED) is 0.819. The van der Waals surface area contributed by atoms with Gasteiger partial charge in [0.2, 0.25) is 0 Å². The molecule has 0 atom stereocenters. The highest BCUT2D eigenvalue weighted by Gasteiger charge is 2.11. The maximum atomic E-state index is 4.42. The third-order valence-corrected chi connectivity index (χ3v) is 3.49. The molecule has 0 aliphatic carbocycles. The van der Waals surface area contributed by atoms with E-state index in [0.717, 1.165) is 18.9 Å². The van der Waals surface area contributed by atoms with Gasteiger partial charge in [-0.15, -0.1) is 12.4 Å². The third kappa shape index (κ3) is 4.46. The van der Waals surface area contributed by atoms with Gasteiger partial charge in [0, 0.05) is 25.8 Å². The number of aromatic nitrogens is 1. The van der Waals surface area contributed by atoms with Crippen LogP contribution in [-0.2, 0) is 0 Å². The van der Waals surface area contributed by atoms with Crippen LogP contribution in [0.3, 0.4) is 0 Å². The monoisotopic (exact) mass is 269 g/mol. The number of likely N-dealkylation sites (tertiary alicyclic amines) is 1. The summed E-state index contributed by atoms with van der Waals surface area (Å²) in [7, 11) is 0. The van der Waals surface area contributed by atoms with Crippen molar-refractivity contribution in [2.45, 2.75) is 26.2 Å². The minimum Gasteiger partial charge on any atom is -0.356 e. The lowest BCUT2D eigenvalue weighted by molar-refractivity contribution is 0.233. The van der Waals surface area contributed by atoms with Crippen LogP contribution in [0.5, 0.6) is 0 Å². The molecular formula is C14H24ClN3. The second-order valence-corrected chi connectivity index (χ2v) is 4.67. The Morgan fingerprint density at radius 3 is 2.61 bits per heavy atom. The van der Waals surface area contributed by atoms with Gasteiger partial charge >= 0.3 is 0 Å². The van der Waals surface area contributed by atoms with Crippen LogP contribution >= 0.6 is 12.4 Å². The highest BCUT2D eigenvalue weighted by atomic mass is 35.5. The minimum atomic E-state index is 0. The number of anilines is 1. The van der Waals surface area contributed by atoms with E-state index in [1.54, 1.807) is 0 Å². The fourth-order valence-electron chi connectivity index (χ4n) is 2.42. The van der Waals surface area contributed by atoms with Crippen molar-refractivity contribution in [1.82, 2.24) is 9.88 Å². The molecule has 0 unspecified atom stereocenters. The molecule has 4 heteroatoms. The molecule has 1 aliphatic rings. The molecule has 0 spiro atoms. The van der Waals surface area contributed by atoms with E-state index in [2.05, 4.69) is 33.8 Å². The first kappa shape index (κ1) is 15.3. The van der Waals surface area contributed by atoms with Gasteiger partial charge in [-0.25, -0.2) is 4.98 Å². The summed E-state index contributed by atoms with van der Waals surface area (Å²) in [5.74, 6) is 1.10. The van der Waals surface area contributed by atoms with Crippen LogP contribution in [0.1, 0.15) is 26.2 Å². The molecule has 0 bridgehead atoms. The maximum Gasteiger partial charge on any atom is 0.128 e. The molecule has 1 aliphatic heterocycles. The van der Waals surface area contributed by atoms with E-state index in [1.165, 1.54) is 38.9 Å². The molecule has 2 heterocycles. The highest BCUT2D eigenvalue weighted by Crippen LogP contribution is 2.11. The van der Waals surface area contributed by atoms with Crippen LogP contribution in [0.2, 0.25) is 0 Å². The first-order valence-electron chi connectivity index (χ1n) is 6.78. The van der Waals surface area contributed by atoms with E-state index in [0.29, 0.717) is 0 Å². The van der Waals surface area contributed by atoms with E-state index in [4.69, 9.17) is 0 Å². The molecule has 0 radical (unpaired) electrons. The SMILES string of the molecule is CCN(CCN1CCCCC1)c1ccccn1.Cl. The summed E-state index contributed by atoms with van der Waals surface area (Å²) in [6, 6.07) is 6.13. The number of hydrogen-bond donors (Lipinski definition) is 0. The smallest absolute Gasteiger partial charge is 0.128 e. The summed E-state index contributed by atoms with van der Waals surface area (Å²) in [6.45, 7) is 8.05. The van der Waals surface area contributed by atoms with Gasteiger partial charge in [0.25, 0.3) is 0 Å². The number of pyridine rings is 1. The first-order chi connectivity index (χ1) is 8.40. The number of likely N-dealkylation sites (N-methyl/N-ethyl adjacent to an activating group) is 1. The molecular weight excluding hydrogens is 246 g/mol. The molecule has 2 rings (SSSR count). The topological polar surface area (TPSA) is 19.4 Å². The van der Waals surface area contributed by atoms with Gasteiger partial charge in [-0.2, -0.15) is 0 Å². The molecule has 0 N–H and O–H groups in total. The van der Waals surface area contributed by atoms with Gasteiger partial charge in [0.05, 0.1) is 0 Å². The van der Waals surface area contributed by atoms with Gasteiger partial charge < -0.3 is 9.80 Å². The number of nitrogens with zero attached hydrogens (tertiary/aromatic N) is 3. The van der Waals surface area contributed by atoms with Crippen molar-refractivity contribution in [2.24, 2.45) is 0 Å². The summed E-state index contributed by atoms with van der Waals surface area (Å²) in [5, 5.41) is 0. The standard InChI is InChI=1S/C14H23N3.ClH/c1-2-17(14-8-4-5-9-15-14)13-12-16-10-6-3-7-11-16;/h4-5,8-9H,2-3,6-7,10-13H2,1H3;1H. The second-order valence-electron chi connectivity index (χ2n) is 4.67. The number of halogens is 1. The Morgan fingerprint density at radius 1 is 1.22 bits per heavy atom. The van der Waals surface area contributed by atoms with E-state index < -0.39 is 0 Å². The number of piperidine rings is 1. The Hall–Kier alpha value is -0.800. The van der Waals surface area contributed by atoms with Gasteiger partial charge in [0.15, 0.2) is 0 Å². The molecule has 0 aromatic carbocycles. The largest absolute Gasteiger partial charge is 0.356 e. The van der Waals surface area contributed by atoms with Crippen LogP contribution in [0.25, 0.3) is 0 Å². The van der Waals surface area contributed by atoms with Gasteiger partial charge in [0.1, 0.15) is 5.82 Å². The van der Waals surface area contributed by atoms with Crippen molar-refractivity contribution in [3.05, 3.63) is 24.4 Å². The second kappa shape index (κ2) is 8.33. The van der Waals surface area contributed by atoms with Crippen molar-refractivity contribution in [3.63, 3.8) is 0 Å². The first-order valence-corrected chi connectivity index (χ1v) is 6.78. The summed E-state index contributed by atoms with van der Waals surface area (Å²) in [4.78, 5) is 9.36. The Balaban J connectivity index is 0.00000162. The maximum absolute atomic E-state index is 4.42. The predicted molar refractivity (Wildman–Crippen MR) is 79.7 cm³/mol. The van der Waals surface area contributed by atoms with E-state index in [1.807, 2.05) is 12.3 Å². The van der Waals surface area contributed by atoms with Crippen molar-refractivity contribution in [2.75, 3.05) is 37.6 Å². The van der Waals surface area contributed by atoms with Crippen LogP contribution in [0, 0.1) is 0 Å². The molecule has 102 valence electrons. The van der Waals surface area contributed by atoms with Gasteiger partial charge in [-0.3, -0.25) is 0 Å². The predicted octanol–water partition coefficient (Wildman–Crippen LogP) is 2.82. The van der Waals surface area contributed by atoms with Crippen molar-refractivity contribution >= 4 is 18.2 Å². The van der Waals surface area contributed by atoms with Gasteiger partial charge in [-0.05, 0) is 45.0 Å². The number of rotatable bonds is 5. The lowest BCUT2D eigenvalue weighted by atomic mass is 10.1. The lowest BCUT2D eigenvalue weighted by Gasteiger charge is -2.30. The fourth-order valence-corrected chi connectivity index (χ4v) is 2.42. The molecule has 1 aromatic rings. The Kier molecular flexibility index (Phi) is 7.06. The van der Waals surface area contributed by atoms with Crippen LogP contribution in [-0.4, -0.2) is 42.6 Å². The third-order valence-electron chi connectivity index (χ3n) is 3.49. The van der Waals surface area contributed by atoms with Crippen molar-refractivity contribution < 1.29 is 0 Å². The van der Waals surface area contributed by atoms with E-state index in [-0.39, 0.29) is 12.4 Å². The molecule has 0 saturated carbocycles. The zero-order valence-electron chi connectivity index (χ0n) is 11.2. The molecule has 1 fully saturated rings. The zero-order valence-corrected chi connectivity index (χ0v) is 12.0. The molecule has 18 heavy (non-hydrogen) atoms. The van der Waals surface area contributed by atoms with E-state index >= 15 is 0 Å². The molecule has 1 aromatic heterocycles. The van der Waals surface area contributed by atoms with Gasteiger partial charge in [-0.1, -0.05) is 12.5 Å². The normalized spacial score (nSPS) is 16.1. The summed E-state index contributed by atoms with van der Waals surface area (Å²) >= 11 is 0. The molecule has 1 saturated heterocycles.